The van der Waals surface area contributed by atoms with E-state index in [2.05, 4.69) is 5.32 Å². The van der Waals surface area contributed by atoms with Crippen LogP contribution in [0.15, 0.2) is 0 Å². The number of hydrogen-bond acceptors (Lipinski definition) is 5. The van der Waals surface area contributed by atoms with E-state index in [9.17, 15) is 19.2 Å². The Morgan fingerprint density at radius 1 is 1.42 bits per heavy atom. The summed E-state index contributed by atoms with van der Waals surface area (Å²) in [4.78, 5) is 46.1. The summed E-state index contributed by atoms with van der Waals surface area (Å²) in [7, 11) is 0. The third-order valence-corrected chi connectivity index (χ3v) is 3.59. The van der Waals surface area contributed by atoms with Crippen molar-refractivity contribution in [3.63, 3.8) is 0 Å². The first-order chi connectivity index (χ1) is 8.95. The number of aliphatic carboxylic acids is 1. The zero-order valence-corrected chi connectivity index (χ0v) is 11.4. The SMILES string of the molecule is CCCCNC(=O)CN1C(=O)SC(CC(=O)O)C1=O. The van der Waals surface area contributed by atoms with Crippen LogP contribution in [0.4, 0.5) is 4.79 Å². The summed E-state index contributed by atoms with van der Waals surface area (Å²) in [5.41, 5.74) is 0. The average molecular weight is 288 g/mol. The maximum atomic E-state index is 11.8. The summed E-state index contributed by atoms with van der Waals surface area (Å²) in [5, 5.41) is 9.72. The topological polar surface area (TPSA) is 104 Å². The number of carbonyl (C=O) groups excluding carboxylic acids is 3. The molecule has 0 aromatic rings. The van der Waals surface area contributed by atoms with Gasteiger partial charge in [0.15, 0.2) is 0 Å². The van der Waals surface area contributed by atoms with Crippen LogP contribution in [0.25, 0.3) is 0 Å². The van der Waals surface area contributed by atoms with Crippen LogP contribution in [-0.4, -0.2) is 51.4 Å². The molecule has 1 atom stereocenters. The minimum atomic E-state index is -1.15. The fourth-order valence-corrected chi connectivity index (χ4v) is 2.51. The minimum absolute atomic E-state index is 0.343. The Balaban J connectivity index is 2.49. The summed E-state index contributed by atoms with van der Waals surface area (Å²) in [6.07, 6.45) is 1.34. The Morgan fingerprint density at radius 3 is 2.68 bits per heavy atom. The van der Waals surface area contributed by atoms with Gasteiger partial charge in [-0.15, -0.1) is 0 Å². The van der Waals surface area contributed by atoms with E-state index in [0.717, 1.165) is 17.7 Å². The number of carboxylic acids is 1. The van der Waals surface area contributed by atoms with Gasteiger partial charge in [-0.1, -0.05) is 25.1 Å². The number of nitrogens with zero attached hydrogens (tertiary/aromatic N) is 1. The number of carbonyl (C=O) groups is 4. The van der Waals surface area contributed by atoms with E-state index in [1.54, 1.807) is 0 Å². The number of nitrogens with one attached hydrogen (secondary N) is 1. The molecular weight excluding hydrogens is 272 g/mol. The molecule has 0 aromatic carbocycles. The molecule has 0 bridgehead atoms. The molecule has 1 aliphatic heterocycles. The van der Waals surface area contributed by atoms with Gasteiger partial charge in [-0.3, -0.25) is 24.1 Å². The Kier molecular flexibility index (Phi) is 5.81. The Hall–Kier alpha value is -1.57. The first kappa shape index (κ1) is 15.5. The molecule has 1 fully saturated rings. The maximum absolute atomic E-state index is 11.8. The van der Waals surface area contributed by atoms with Crippen molar-refractivity contribution in [3.8, 4) is 0 Å². The molecule has 7 nitrogen and oxygen atoms in total. The highest BCUT2D eigenvalue weighted by Crippen LogP contribution is 2.28. The van der Waals surface area contributed by atoms with Crippen molar-refractivity contribution in [1.29, 1.82) is 0 Å². The zero-order valence-electron chi connectivity index (χ0n) is 10.5. The van der Waals surface area contributed by atoms with Gasteiger partial charge in [-0.05, 0) is 6.42 Å². The van der Waals surface area contributed by atoms with Crippen LogP contribution in [0.1, 0.15) is 26.2 Å². The molecule has 2 N–H and O–H groups in total. The number of carboxylic acid groups (broad SMARTS) is 1. The monoisotopic (exact) mass is 288 g/mol. The van der Waals surface area contributed by atoms with Crippen LogP contribution < -0.4 is 5.32 Å². The summed E-state index contributed by atoms with van der Waals surface area (Å²) < 4.78 is 0. The lowest BCUT2D eigenvalue weighted by Gasteiger charge is -2.13. The molecule has 1 rings (SSSR count). The van der Waals surface area contributed by atoms with E-state index in [4.69, 9.17) is 5.11 Å². The second-order valence-corrected chi connectivity index (χ2v) is 5.25. The quantitative estimate of drug-likeness (QED) is 0.659. The Labute approximate surface area is 114 Å². The molecule has 1 saturated heterocycles. The van der Waals surface area contributed by atoms with E-state index >= 15 is 0 Å². The highest BCUT2D eigenvalue weighted by Gasteiger charge is 2.41. The normalized spacial score (nSPS) is 18.8. The van der Waals surface area contributed by atoms with Gasteiger partial charge in [0.2, 0.25) is 11.8 Å². The molecule has 8 heteroatoms. The number of imide groups is 1. The highest BCUT2D eigenvalue weighted by atomic mass is 32.2. The molecule has 106 valence electrons. The molecule has 0 spiro atoms. The van der Waals surface area contributed by atoms with Crippen LogP contribution >= 0.6 is 11.8 Å². The Morgan fingerprint density at radius 2 is 2.11 bits per heavy atom. The number of unbranched alkanes of at least 4 members (excludes halogenated alkanes) is 1. The molecule has 3 amide bonds. The largest absolute Gasteiger partial charge is 0.481 e. The standard InChI is InChI=1S/C11H16N2O5S/c1-2-3-4-12-8(14)6-13-10(17)7(5-9(15)16)19-11(13)18/h7H,2-6H2,1H3,(H,12,14)(H,15,16). The second kappa shape index (κ2) is 7.13. The zero-order chi connectivity index (χ0) is 14.4. The number of hydrogen-bond donors (Lipinski definition) is 2. The van der Waals surface area contributed by atoms with Crippen molar-refractivity contribution in [2.45, 2.75) is 31.4 Å². The molecule has 0 aliphatic carbocycles. The number of rotatable bonds is 7. The van der Waals surface area contributed by atoms with Gasteiger partial charge in [-0.2, -0.15) is 0 Å². The van der Waals surface area contributed by atoms with Crippen LogP contribution in [0, 0.1) is 0 Å². The van der Waals surface area contributed by atoms with Gasteiger partial charge < -0.3 is 10.4 Å². The van der Waals surface area contributed by atoms with Crippen molar-refractivity contribution < 1.29 is 24.3 Å². The van der Waals surface area contributed by atoms with Crippen LogP contribution in [0.5, 0.6) is 0 Å². The first-order valence-corrected chi connectivity index (χ1v) is 6.84. The maximum Gasteiger partial charge on any atom is 0.305 e. The van der Waals surface area contributed by atoms with Gasteiger partial charge in [0.05, 0.1) is 6.42 Å². The summed E-state index contributed by atoms with van der Waals surface area (Å²) in [6, 6.07) is 0. The average Bonchev–Trinajstić information content (AvgIpc) is 2.56. The van der Waals surface area contributed by atoms with Crippen molar-refractivity contribution >= 4 is 34.8 Å². The predicted molar refractivity (Wildman–Crippen MR) is 68.7 cm³/mol. The van der Waals surface area contributed by atoms with Crippen molar-refractivity contribution in [2.24, 2.45) is 0 Å². The number of amides is 3. The van der Waals surface area contributed by atoms with Gasteiger partial charge in [0.25, 0.3) is 5.24 Å². The molecule has 1 aliphatic rings. The lowest BCUT2D eigenvalue weighted by Crippen LogP contribution is -2.41. The van der Waals surface area contributed by atoms with Crippen LogP contribution in [-0.2, 0) is 14.4 Å². The van der Waals surface area contributed by atoms with E-state index < -0.39 is 34.7 Å². The molecule has 1 unspecified atom stereocenters. The molecule has 0 radical (unpaired) electrons. The third kappa shape index (κ3) is 4.55. The van der Waals surface area contributed by atoms with E-state index in [1.807, 2.05) is 6.92 Å². The lowest BCUT2D eigenvalue weighted by molar-refractivity contribution is -0.139. The van der Waals surface area contributed by atoms with Crippen LogP contribution in [0.3, 0.4) is 0 Å². The van der Waals surface area contributed by atoms with Gasteiger partial charge in [0, 0.05) is 6.54 Å². The van der Waals surface area contributed by atoms with Crippen molar-refractivity contribution in [2.75, 3.05) is 13.1 Å². The predicted octanol–water partition coefficient (Wildman–Crippen LogP) is 0.441. The molecule has 0 aromatic heterocycles. The minimum Gasteiger partial charge on any atom is -0.481 e. The summed E-state index contributed by atoms with van der Waals surface area (Å²) in [6.45, 7) is 2.13. The molecular formula is C11H16N2O5S. The lowest BCUT2D eigenvalue weighted by atomic mass is 10.2. The number of thioether (sulfide) groups is 1. The molecule has 19 heavy (non-hydrogen) atoms. The Bertz CT molecular complexity index is 399. The molecule has 0 saturated carbocycles. The fraction of sp³-hybridized carbons (Fsp3) is 0.636. The van der Waals surface area contributed by atoms with Gasteiger partial charge >= 0.3 is 5.97 Å². The first-order valence-electron chi connectivity index (χ1n) is 5.96. The van der Waals surface area contributed by atoms with Crippen molar-refractivity contribution in [3.05, 3.63) is 0 Å². The smallest absolute Gasteiger partial charge is 0.305 e. The third-order valence-electron chi connectivity index (χ3n) is 2.52. The summed E-state index contributed by atoms with van der Waals surface area (Å²) in [5.74, 6) is -2.16. The molecule has 1 heterocycles. The van der Waals surface area contributed by atoms with Gasteiger partial charge in [-0.25, -0.2) is 0 Å². The van der Waals surface area contributed by atoms with E-state index in [-0.39, 0.29) is 6.54 Å². The van der Waals surface area contributed by atoms with E-state index in [1.165, 1.54) is 0 Å². The fourth-order valence-electron chi connectivity index (χ4n) is 1.53. The summed E-state index contributed by atoms with van der Waals surface area (Å²) >= 11 is 0.657. The van der Waals surface area contributed by atoms with E-state index in [0.29, 0.717) is 18.3 Å². The van der Waals surface area contributed by atoms with Gasteiger partial charge in [0.1, 0.15) is 11.8 Å². The highest BCUT2D eigenvalue weighted by molar-refractivity contribution is 8.15. The second-order valence-electron chi connectivity index (χ2n) is 4.10. The van der Waals surface area contributed by atoms with Crippen LogP contribution in [0.2, 0.25) is 0 Å². The van der Waals surface area contributed by atoms with Crippen molar-refractivity contribution in [1.82, 2.24) is 10.2 Å².